The molecule has 0 bridgehead atoms. The van der Waals surface area contributed by atoms with Crippen LogP contribution in [0.3, 0.4) is 0 Å². The van der Waals surface area contributed by atoms with E-state index in [4.69, 9.17) is 4.52 Å². The van der Waals surface area contributed by atoms with Crippen molar-refractivity contribution < 1.29 is 9.63 Å². The van der Waals surface area contributed by atoms with E-state index in [1.165, 1.54) is 0 Å². The molecule has 1 fully saturated rings. The van der Waals surface area contributed by atoms with Crippen LogP contribution in [0.4, 0.5) is 0 Å². The Morgan fingerprint density at radius 1 is 1.32 bits per heavy atom. The normalized spacial score (nSPS) is 21.9. The zero-order chi connectivity index (χ0) is 15.3. The van der Waals surface area contributed by atoms with Crippen molar-refractivity contribution in [1.82, 2.24) is 20.8 Å². The summed E-state index contributed by atoms with van der Waals surface area (Å²) >= 11 is 0. The molecular formula is C16H22N4O2. The number of nitrogens with zero attached hydrogens (tertiary/aromatic N) is 2. The summed E-state index contributed by atoms with van der Waals surface area (Å²) in [6.45, 7) is 2.64. The van der Waals surface area contributed by atoms with Crippen LogP contribution in [0.2, 0.25) is 0 Å². The number of rotatable bonds is 6. The quantitative estimate of drug-likeness (QED) is 0.734. The summed E-state index contributed by atoms with van der Waals surface area (Å²) in [5.41, 5.74) is 0.475. The van der Waals surface area contributed by atoms with E-state index >= 15 is 0 Å². The van der Waals surface area contributed by atoms with Gasteiger partial charge in [-0.25, -0.2) is 0 Å². The molecular weight excluding hydrogens is 280 g/mol. The van der Waals surface area contributed by atoms with Gasteiger partial charge in [-0.3, -0.25) is 0 Å². The number of aliphatic hydroxyl groups is 1. The topological polar surface area (TPSA) is 83.2 Å². The van der Waals surface area contributed by atoms with Crippen LogP contribution >= 0.6 is 0 Å². The van der Waals surface area contributed by atoms with E-state index < -0.39 is 5.60 Å². The number of benzene rings is 1. The zero-order valence-electron chi connectivity index (χ0n) is 12.6. The molecule has 0 amide bonds. The lowest BCUT2D eigenvalue weighted by atomic mass is 9.94. The maximum atomic E-state index is 10.4. The molecule has 3 N–H and O–H groups in total. The minimum Gasteiger partial charge on any atom is -0.387 e. The zero-order valence-corrected chi connectivity index (χ0v) is 12.6. The SMILES string of the molecule is OC1(CNCc2noc(Cc3ccccc3)n2)CCCNC1. The molecule has 118 valence electrons. The lowest BCUT2D eigenvalue weighted by Crippen LogP contribution is -2.51. The molecule has 1 aliphatic heterocycles. The van der Waals surface area contributed by atoms with Crippen molar-refractivity contribution in [1.29, 1.82) is 0 Å². The molecule has 6 nitrogen and oxygen atoms in total. The Kier molecular flexibility index (Phi) is 4.82. The highest BCUT2D eigenvalue weighted by Gasteiger charge is 2.28. The Bertz CT molecular complexity index is 579. The first-order valence-electron chi connectivity index (χ1n) is 7.73. The van der Waals surface area contributed by atoms with Crippen molar-refractivity contribution in [3.05, 3.63) is 47.6 Å². The fourth-order valence-corrected chi connectivity index (χ4v) is 2.71. The molecule has 2 heterocycles. The van der Waals surface area contributed by atoms with Gasteiger partial charge in [0.25, 0.3) is 0 Å². The van der Waals surface area contributed by atoms with Gasteiger partial charge in [-0.2, -0.15) is 4.98 Å². The number of piperidine rings is 1. The minimum atomic E-state index is -0.672. The van der Waals surface area contributed by atoms with Gasteiger partial charge in [-0.15, -0.1) is 0 Å². The highest BCUT2D eigenvalue weighted by molar-refractivity contribution is 5.17. The average molecular weight is 302 g/mol. The second-order valence-corrected chi connectivity index (χ2v) is 5.87. The molecule has 1 aromatic heterocycles. The summed E-state index contributed by atoms with van der Waals surface area (Å²) in [5.74, 6) is 1.24. The standard InChI is InChI=1S/C16H22N4O2/c21-16(7-4-8-17-11-16)12-18-10-14-19-15(22-20-14)9-13-5-2-1-3-6-13/h1-3,5-6,17-18,21H,4,7-12H2. The van der Waals surface area contributed by atoms with Crippen LogP contribution in [0.5, 0.6) is 0 Å². The maximum absolute atomic E-state index is 10.4. The van der Waals surface area contributed by atoms with Crippen LogP contribution in [0.25, 0.3) is 0 Å². The van der Waals surface area contributed by atoms with Crippen LogP contribution < -0.4 is 10.6 Å². The number of β-amino-alcohol motifs (C(OH)–C–C–N with tert-alkyl or cyclic N) is 1. The molecule has 3 rings (SSSR count). The largest absolute Gasteiger partial charge is 0.387 e. The van der Waals surface area contributed by atoms with Crippen molar-refractivity contribution in [2.75, 3.05) is 19.6 Å². The van der Waals surface area contributed by atoms with Gasteiger partial charge >= 0.3 is 0 Å². The fourth-order valence-electron chi connectivity index (χ4n) is 2.71. The van der Waals surface area contributed by atoms with E-state index in [1.54, 1.807) is 0 Å². The van der Waals surface area contributed by atoms with E-state index in [2.05, 4.69) is 20.8 Å². The first-order valence-corrected chi connectivity index (χ1v) is 7.73. The van der Waals surface area contributed by atoms with Gasteiger partial charge in [0.05, 0.1) is 18.6 Å². The fraction of sp³-hybridized carbons (Fsp3) is 0.500. The molecule has 2 aromatic rings. The highest BCUT2D eigenvalue weighted by Crippen LogP contribution is 2.14. The first-order chi connectivity index (χ1) is 10.7. The second-order valence-electron chi connectivity index (χ2n) is 5.87. The summed E-state index contributed by atoms with van der Waals surface area (Å²) in [7, 11) is 0. The Balaban J connectivity index is 1.47. The van der Waals surface area contributed by atoms with Gasteiger partial charge in [0.15, 0.2) is 5.82 Å². The van der Waals surface area contributed by atoms with Crippen LogP contribution in [0.1, 0.15) is 30.1 Å². The molecule has 1 saturated heterocycles. The Morgan fingerprint density at radius 2 is 2.18 bits per heavy atom. The van der Waals surface area contributed by atoms with Crippen molar-refractivity contribution >= 4 is 0 Å². The third kappa shape index (κ3) is 4.13. The van der Waals surface area contributed by atoms with Crippen molar-refractivity contribution in [2.45, 2.75) is 31.4 Å². The maximum Gasteiger partial charge on any atom is 0.231 e. The third-order valence-corrected chi connectivity index (χ3v) is 3.90. The Morgan fingerprint density at radius 3 is 2.95 bits per heavy atom. The lowest BCUT2D eigenvalue weighted by molar-refractivity contribution is 0.0167. The van der Waals surface area contributed by atoms with Crippen molar-refractivity contribution in [3.63, 3.8) is 0 Å². The van der Waals surface area contributed by atoms with E-state index in [-0.39, 0.29) is 0 Å². The summed E-state index contributed by atoms with van der Waals surface area (Å²) in [4.78, 5) is 4.37. The van der Waals surface area contributed by atoms with Crippen LogP contribution in [0, 0.1) is 0 Å². The van der Waals surface area contributed by atoms with E-state index in [1.807, 2.05) is 30.3 Å². The number of hydrogen-bond acceptors (Lipinski definition) is 6. The van der Waals surface area contributed by atoms with Crippen LogP contribution in [0.15, 0.2) is 34.9 Å². The Labute approximate surface area is 129 Å². The molecule has 1 atom stereocenters. The third-order valence-electron chi connectivity index (χ3n) is 3.90. The van der Waals surface area contributed by atoms with Gasteiger partial charge in [0.2, 0.25) is 5.89 Å². The van der Waals surface area contributed by atoms with Gasteiger partial charge in [0, 0.05) is 13.1 Å². The second kappa shape index (κ2) is 7.00. The molecule has 0 aliphatic carbocycles. The number of hydrogen-bond donors (Lipinski definition) is 3. The molecule has 1 aliphatic rings. The van der Waals surface area contributed by atoms with E-state index in [0.29, 0.717) is 37.8 Å². The summed E-state index contributed by atoms with van der Waals surface area (Å²) in [6.07, 6.45) is 2.46. The molecule has 0 spiro atoms. The van der Waals surface area contributed by atoms with Crippen LogP contribution in [-0.4, -0.2) is 40.5 Å². The highest BCUT2D eigenvalue weighted by atomic mass is 16.5. The molecule has 1 aromatic carbocycles. The van der Waals surface area contributed by atoms with Gasteiger partial charge < -0.3 is 20.3 Å². The van der Waals surface area contributed by atoms with E-state index in [0.717, 1.165) is 24.9 Å². The monoisotopic (exact) mass is 302 g/mol. The summed E-state index contributed by atoms with van der Waals surface area (Å²) in [5, 5.41) is 20.8. The van der Waals surface area contributed by atoms with Gasteiger partial charge in [-0.05, 0) is 24.9 Å². The molecule has 1 unspecified atom stereocenters. The smallest absolute Gasteiger partial charge is 0.231 e. The minimum absolute atomic E-state index is 0.501. The lowest BCUT2D eigenvalue weighted by Gasteiger charge is -2.32. The van der Waals surface area contributed by atoms with Crippen LogP contribution in [-0.2, 0) is 13.0 Å². The van der Waals surface area contributed by atoms with Crippen molar-refractivity contribution in [2.24, 2.45) is 0 Å². The number of nitrogens with one attached hydrogen (secondary N) is 2. The predicted molar refractivity (Wildman–Crippen MR) is 82.3 cm³/mol. The average Bonchev–Trinajstić information content (AvgIpc) is 2.96. The van der Waals surface area contributed by atoms with Crippen molar-refractivity contribution in [3.8, 4) is 0 Å². The van der Waals surface area contributed by atoms with Gasteiger partial charge in [-0.1, -0.05) is 35.5 Å². The number of aromatic nitrogens is 2. The first kappa shape index (κ1) is 15.1. The van der Waals surface area contributed by atoms with E-state index in [9.17, 15) is 5.11 Å². The molecule has 0 saturated carbocycles. The van der Waals surface area contributed by atoms with Gasteiger partial charge in [0.1, 0.15) is 0 Å². The summed E-state index contributed by atoms with van der Waals surface area (Å²) < 4.78 is 5.26. The Hall–Kier alpha value is -1.76. The molecule has 0 radical (unpaired) electrons. The molecule has 22 heavy (non-hydrogen) atoms. The summed E-state index contributed by atoms with van der Waals surface area (Å²) in [6, 6.07) is 10.0. The molecule has 6 heteroatoms. The predicted octanol–water partition coefficient (Wildman–Crippen LogP) is 0.864.